The number of hydrogen-bond donors (Lipinski definition) is 2. The zero-order valence-electron chi connectivity index (χ0n) is 6.65. The number of methoxy groups -OCH3 is 1. The van der Waals surface area contributed by atoms with Crippen LogP contribution in [0, 0.1) is 0 Å². The van der Waals surface area contributed by atoms with E-state index in [2.05, 4.69) is 9.97 Å². The van der Waals surface area contributed by atoms with E-state index in [0.717, 1.165) is 0 Å². The summed E-state index contributed by atoms with van der Waals surface area (Å²) in [4.78, 5) is 17.2. The molecule has 0 bridgehead atoms. The highest BCUT2D eigenvalue weighted by molar-refractivity contribution is 5.72. The lowest BCUT2D eigenvalue weighted by Crippen LogP contribution is -2.25. The SMILES string of the molecule is COC(Cc1ncc[nH]1)C(=O)O. The predicted octanol–water partition coefficient (Wildman–Crippen LogP) is 0.0518. The summed E-state index contributed by atoms with van der Waals surface area (Å²) in [5, 5.41) is 8.61. The third kappa shape index (κ3) is 2.06. The van der Waals surface area contributed by atoms with Gasteiger partial charge in [-0.25, -0.2) is 9.78 Å². The summed E-state index contributed by atoms with van der Waals surface area (Å²) in [5.41, 5.74) is 0. The minimum atomic E-state index is -0.978. The molecule has 0 saturated heterocycles. The standard InChI is InChI=1S/C7H10N2O3/c1-12-5(7(10)11)4-6-8-2-3-9-6/h2-3,5H,4H2,1H3,(H,8,9)(H,10,11). The highest BCUT2D eigenvalue weighted by atomic mass is 16.5. The number of hydrogen-bond acceptors (Lipinski definition) is 3. The monoisotopic (exact) mass is 170 g/mol. The number of carbonyl (C=O) groups is 1. The van der Waals surface area contributed by atoms with Gasteiger partial charge in [0.2, 0.25) is 0 Å². The number of carboxylic acid groups (broad SMARTS) is 1. The smallest absolute Gasteiger partial charge is 0.333 e. The molecule has 1 rings (SSSR count). The van der Waals surface area contributed by atoms with Crippen molar-refractivity contribution in [1.82, 2.24) is 9.97 Å². The lowest BCUT2D eigenvalue weighted by molar-refractivity contribution is -0.148. The van der Waals surface area contributed by atoms with Gasteiger partial charge in [-0.3, -0.25) is 0 Å². The van der Waals surface area contributed by atoms with E-state index in [4.69, 9.17) is 9.84 Å². The van der Waals surface area contributed by atoms with Gasteiger partial charge in [0.25, 0.3) is 0 Å². The minimum absolute atomic E-state index is 0.263. The number of carboxylic acids is 1. The first kappa shape index (κ1) is 8.73. The first-order chi connectivity index (χ1) is 5.74. The number of H-pyrrole nitrogens is 1. The molecular weight excluding hydrogens is 160 g/mol. The van der Waals surface area contributed by atoms with Crippen LogP contribution in [0.2, 0.25) is 0 Å². The zero-order valence-corrected chi connectivity index (χ0v) is 6.65. The van der Waals surface area contributed by atoms with Gasteiger partial charge in [-0.15, -0.1) is 0 Å². The van der Waals surface area contributed by atoms with Crippen molar-refractivity contribution in [2.75, 3.05) is 7.11 Å². The predicted molar refractivity (Wildman–Crippen MR) is 40.7 cm³/mol. The molecule has 1 aromatic heterocycles. The number of imidazole rings is 1. The molecule has 2 N–H and O–H groups in total. The highest BCUT2D eigenvalue weighted by Crippen LogP contribution is 1.99. The quantitative estimate of drug-likeness (QED) is 0.669. The van der Waals surface area contributed by atoms with Crippen LogP contribution >= 0.6 is 0 Å². The summed E-state index contributed by atoms with van der Waals surface area (Å²) in [5.74, 6) is -0.363. The zero-order chi connectivity index (χ0) is 8.97. The van der Waals surface area contributed by atoms with Gasteiger partial charge in [0.1, 0.15) is 5.82 Å². The maximum Gasteiger partial charge on any atom is 0.333 e. The molecule has 66 valence electrons. The van der Waals surface area contributed by atoms with Crippen molar-refractivity contribution in [2.24, 2.45) is 0 Å². The molecule has 0 saturated carbocycles. The molecule has 0 fully saturated rings. The Morgan fingerprint density at radius 3 is 3.08 bits per heavy atom. The number of nitrogens with one attached hydrogen (secondary N) is 1. The third-order valence-electron chi connectivity index (χ3n) is 1.49. The van der Waals surface area contributed by atoms with E-state index in [1.807, 2.05) is 0 Å². The van der Waals surface area contributed by atoms with Crippen LogP contribution in [-0.2, 0) is 16.0 Å². The summed E-state index contributed by atoms with van der Waals surface area (Å²) in [6.45, 7) is 0. The molecule has 0 aliphatic carbocycles. The number of ether oxygens (including phenoxy) is 1. The van der Waals surface area contributed by atoms with Crippen LogP contribution in [0.25, 0.3) is 0 Å². The van der Waals surface area contributed by atoms with Crippen molar-refractivity contribution in [1.29, 1.82) is 0 Å². The van der Waals surface area contributed by atoms with Crippen molar-refractivity contribution in [3.63, 3.8) is 0 Å². The number of rotatable bonds is 4. The van der Waals surface area contributed by atoms with E-state index in [1.54, 1.807) is 12.4 Å². The molecular formula is C7H10N2O3. The van der Waals surface area contributed by atoms with Crippen molar-refractivity contribution >= 4 is 5.97 Å². The van der Waals surface area contributed by atoms with Crippen LogP contribution in [0.3, 0.4) is 0 Å². The number of aliphatic carboxylic acids is 1. The van der Waals surface area contributed by atoms with Gasteiger partial charge in [-0.05, 0) is 0 Å². The number of aromatic nitrogens is 2. The Bertz CT molecular complexity index is 245. The topological polar surface area (TPSA) is 75.2 Å². The molecule has 0 aromatic carbocycles. The molecule has 0 radical (unpaired) electrons. The molecule has 0 aliphatic rings. The molecule has 5 heteroatoms. The Hall–Kier alpha value is -1.36. The van der Waals surface area contributed by atoms with Gasteiger partial charge in [-0.1, -0.05) is 0 Å². The van der Waals surface area contributed by atoms with Crippen molar-refractivity contribution in [2.45, 2.75) is 12.5 Å². The van der Waals surface area contributed by atoms with E-state index < -0.39 is 12.1 Å². The van der Waals surface area contributed by atoms with Crippen molar-refractivity contribution < 1.29 is 14.6 Å². The van der Waals surface area contributed by atoms with Gasteiger partial charge in [0, 0.05) is 25.9 Å². The molecule has 1 heterocycles. The second-order valence-corrected chi connectivity index (χ2v) is 2.30. The van der Waals surface area contributed by atoms with Crippen LogP contribution in [0.1, 0.15) is 5.82 Å². The highest BCUT2D eigenvalue weighted by Gasteiger charge is 2.17. The van der Waals surface area contributed by atoms with Crippen LogP contribution < -0.4 is 0 Å². The molecule has 1 unspecified atom stereocenters. The van der Waals surface area contributed by atoms with Crippen LogP contribution in [0.5, 0.6) is 0 Å². The van der Waals surface area contributed by atoms with Crippen LogP contribution in [-0.4, -0.2) is 34.3 Å². The lowest BCUT2D eigenvalue weighted by atomic mass is 10.2. The van der Waals surface area contributed by atoms with Gasteiger partial charge < -0.3 is 14.8 Å². The largest absolute Gasteiger partial charge is 0.479 e. The van der Waals surface area contributed by atoms with Gasteiger partial charge >= 0.3 is 5.97 Å². The molecule has 1 atom stereocenters. The number of aromatic amines is 1. The average molecular weight is 170 g/mol. The Kier molecular flexibility index (Phi) is 2.82. The van der Waals surface area contributed by atoms with Gasteiger partial charge in [-0.2, -0.15) is 0 Å². The lowest BCUT2D eigenvalue weighted by Gasteiger charge is -2.07. The molecule has 12 heavy (non-hydrogen) atoms. The Labute approximate surface area is 69.4 Å². The fourth-order valence-electron chi connectivity index (χ4n) is 0.857. The van der Waals surface area contributed by atoms with Gasteiger partial charge in [0.15, 0.2) is 6.10 Å². The summed E-state index contributed by atoms with van der Waals surface area (Å²) < 4.78 is 4.73. The minimum Gasteiger partial charge on any atom is -0.479 e. The second-order valence-electron chi connectivity index (χ2n) is 2.30. The normalized spacial score (nSPS) is 12.8. The fourth-order valence-corrected chi connectivity index (χ4v) is 0.857. The Balaban J connectivity index is 2.54. The summed E-state index contributed by atoms with van der Waals surface area (Å²) in [7, 11) is 1.36. The molecule has 0 spiro atoms. The van der Waals surface area contributed by atoms with Crippen LogP contribution in [0.4, 0.5) is 0 Å². The van der Waals surface area contributed by atoms with E-state index >= 15 is 0 Å². The second kappa shape index (κ2) is 3.87. The summed E-state index contributed by atoms with van der Waals surface area (Å²) in [6.07, 6.45) is 2.66. The molecule has 5 nitrogen and oxygen atoms in total. The van der Waals surface area contributed by atoms with Crippen molar-refractivity contribution in [3.8, 4) is 0 Å². The van der Waals surface area contributed by atoms with E-state index in [-0.39, 0.29) is 6.42 Å². The third-order valence-corrected chi connectivity index (χ3v) is 1.49. The maximum atomic E-state index is 10.5. The van der Waals surface area contributed by atoms with Gasteiger partial charge in [0.05, 0.1) is 0 Å². The average Bonchev–Trinajstić information content (AvgIpc) is 2.51. The molecule has 0 amide bonds. The number of nitrogens with zero attached hydrogens (tertiary/aromatic N) is 1. The van der Waals surface area contributed by atoms with Crippen LogP contribution in [0.15, 0.2) is 12.4 Å². The fraction of sp³-hybridized carbons (Fsp3) is 0.429. The Morgan fingerprint density at radius 2 is 2.67 bits per heavy atom. The van der Waals surface area contributed by atoms with E-state index in [1.165, 1.54) is 7.11 Å². The maximum absolute atomic E-state index is 10.5. The first-order valence-corrected chi connectivity index (χ1v) is 3.48. The van der Waals surface area contributed by atoms with Crippen molar-refractivity contribution in [3.05, 3.63) is 18.2 Å². The first-order valence-electron chi connectivity index (χ1n) is 3.48. The van der Waals surface area contributed by atoms with E-state index in [0.29, 0.717) is 5.82 Å². The van der Waals surface area contributed by atoms with E-state index in [9.17, 15) is 4.79 Å². The molecule has 0 aliphatic heterocycles. The summed E-state index contributed by atoms with van der Waals surface area (Å²) in [6, 6.07) is 0. The Morgan fingerprint density at radius 1 is 1.92 bits per heavy atom. The summed E-state index contributed by atoms with van der Waals surface area (Å²) >= 11 is 0. The molecule has 1 aromatic rings.